The van der Waals surface area contributed by atoms with Crippen LogP contribution in [0, 0.1) is 0 Å². The highest BCUT2D eigenvalue weighted by molar-refractivity contribution is 9.10. The maximum Gasteiger partial charge on any atom is 0.264 e. The quantitative estimate of drug-likeness (QED) is 0.255. The summed E-state index contributed by atoms with van der Waals surface area (Å²) in [5.41, 5.74) is 0.849. The lowest BCUT2D eigenvalue weighted by atomic mass is 9.95. The van der Waals surface area contributed by atoms with E-state index in [2.05, 4.69) is 21.2 Å². The van der Waals surface area contributed by atoms with E-state index < -0.39 is 28.5 Å². The Morgan fingerprint density at radius 3 is 2.37 bits per heavy atom. The van der Waals surface area contributed by atoms with Gasteiger partial charge in [0, 0.05) is 22.1 Å². The lowest BCUT2D eigenvalue weighted by Gasteiger charge is -2.33. The molecule has 1 N–H and O–H groups in total. The Morgan fingerprint density at radius 1 is 0.976 bits per heavy atom. The number of nitrogens with one attached hydrogen (secondary N) is 1. The van der Waals surface area contributed by atoms with Crippen LogP contribution in [0.4, 0.5) is 5.69 Å². The molecule has 1 fully saturated rings. The molecule has 11 heteroatoms. The van der Waals surface area contributed by atoms with E-state index in [1.807, 2.05) is 24.3 Å². The molecule has 3 aromatic carbocycles. The summed E-state index contributed by atoms with van der Waals surface area (Å²) in [6.07, 6.45) is 5.04. The maximum absolute atomic E-state index is 14.1. The standard InChI is InChI=1S/C30H32BrCl2N3O4S/c1-21(30(38)34-25-11-4-2-5-12-25)35(19-22-9-8-10-23(31)17-22)29(37)20-36(28-18-24(32)15-16-27(28)33)41(39,40)26-13-6-3-7-14-26/h3,6-10,13-18,21,25H,2,4-5,11-12,19-20H2,1H3,(H,34,38). The molecule has 1 saturated carbocycles. The second-order valence-corrected chi connectivity index (χ2v) is 13.7. The van der Waals surface area contributed by atoms with Crippen molar-refractivity contribution < 1.29 is 18.0 Å². The zero-order valence-electron chi connectivity index (χ0n) is 22.6. The number of sulfonamides is 1. The SMILES string of the molecule is CC(C(=O)NC1CCCCC1)N(Cc1cccc(Br)c1)C(=O)CN(c1cc(Cl)ccc1Cl)S(=O)(=O)c1ccccc1. The number of hydrogen-bond donors (Lipinski definition) is 1. The average Bonchev–Trinajstić information content (AvgIpc) is 2.96. The van der Waals surface area contributed by atoms with Crippen molar-refractivity contribution in [2.75, 3.05) is 10.8 Å². The summed E-state index contributed by atoms with van der Waals surface area (Å²) in [6, 6.07) is 18.8. The third kappa shape index (κ3) is 8.03. The minimum Gasteiger partial charge on any atom is -0.352 e. The maximum atomic E-state index is 14.1. The van der Waals surface area contributed by atoms with Crippen molar-refractivity contribution in [2.45, 2.75) is 62.6 Å². The van der Waals surface area contributed by atoms with Crippen molar-refractivity contribution in [3.05, 3.63) is 92.9 Å². The van der Waals surface area contributed by atoms with Crippen LogP contribution >= 0.6 is 39.1 Å². The molecule has 41 heavy (non-hydrogen) atoms. The summed E-state index contributed by atoms with van der Waals surface area (Å²) in [5.74, 6) is -0.842. The summed E-state index contributed by atoms with van der Waals surface area (Å²) in [4.78, 5) is 28.9. The molecule has 1 unspecified atom stereocenters. The molecule has 2 amide bonds. The predicted molar refractivity (Wildman–Crippen MR) is 167 cm³/mol. The van der Waals surface area contributed by atoms with Crippen molar-refractivity contribution in [3.63, 3.8) is 0 Å². The van der Waals surface area contributed by atoms with E-state index >= 15 is 0 Å². The summed E-state index contributed by atoms with van der Waals surface area (Å²) in [6.45, 7) is 1.17. The van der Waals surface area contributed by atoms with Crippen molar-refractivity contribution in [2.24, 2.45) is 0 Å². The third-order valence-electron chi connectivity index (χ3n) is 7.15. The molecule has 0 aliphatic heterocycles. The minimum absolute atomic E-state index is 0.00882. The van der Waals surface area contributed by atoms with E-state index in [4.69, 9.17) is 23.2 Å². The highest BCUT2D eigenvalue weighted by Crippen LogP contribution is 2.33. The van der Waals surface area contributed by atoms with E-state index in [9.17, 15) is 18.0 Å². The van der Waals surface area contributed by atoms with Crippen molar-refractivity contribution in [1.82, 2.24) is 10.2 Å². The summed E-state index contributed by atoms with van der Waals surface area (Å²) < 4.78 is 29.6. The monoisotopic (exact) mass is 679 g/mol. The highest BCUT2D eigenvalue weighted by Gasteiger charge is 2.34. The Hall–Kier alpha value is -2.59. The predicted octanol–water partition coefficient (Wildman–Crippen LogP) is 6.82. The number of carbonyl (C=O) groups excluding carboxylic acids is 2. The Kier molecular flexibility index (Phi) is 10.7. The largest absolute Gasteiger partial charge is 0.352 e. The van der Waals surface area contributed by atoms with Crippen molar-refractivity contribution in [3.8, 4) is 0 Å². The van der Waals surface area contributed by atoms with Gasteiger partial charge in [0.25, 0.3) is 10.0 Å². The highest BCUT2D eigenvalue weighted by atomic mass is 79.9. The first kappa shape index (κ1) is 31.3. The fourth-order valence-corrected chi connectivity index (χ4v) is 7.22. The number of rotatable bonds is 10. The molecular weight excluding hydrogens is 649 g/mol. The van der Waals surface area contributed by atoms with Gasteiger partial charge >= 0.3 is 0 Å². The number of benzene rings is 3. The van der Waals surface area contributed by atoms with Gasteiger partial charge in [0.05, 0.1) is 15.6 Å². The first-order valence-corrected chi connectivity index (χ1v) is 16.4. The van der Waals surface area contributed by atoms with E-state index in [0.29, 0.717) is 0 Å². The molecular formula is C30H32BrCl2N3O4S. The van der Waals surface area contributed by atoms with Gasteiger partial charge < -0.3 is 10.2 Å². The van der Waals surface area contributed by atoms with Crippen LogP contribution in [0.25, 0.3) is 0 Å². The molecule has 0 saturated heterocycles. The summed E-state index contributed by atoms with van der Waals surface area (Å²) >= 11 is 16.1. The van der Waals surface area contributed by atoms with E-state index in [1.165, 1.54) is 29.2 Å². The first-order chi connectivity index (χ1) is 19.6. The van der Waals surface area contributed by atoms with E-state index in [-0.39, 0.29) is 39.1 Å². The van der Waals surface area contributed by atoms with Gasteiger partial charge in [-0.25, -0.2) is 8.42 Å². The van der Waals surface area contributed by atoms with E-state index in [0.717, 1.165) is 46.4 Å². The van der Waals surface area contributed by atoms with Crippen molar-refractivity contribution >= 4 is 66.7 Å². The summed E-state index contributed by atoms with van der Waals surface area (Å²) in [5, 5.41) is 3.47. The Labute approximate surface area is 260 Å². The Bertz CT molecular complexity index is 1480. The van der Waals surface area contributed by atoms with Gasteiger partial charge in [-0.15, -0.1) is 0 Å². The van der Waals surface area contributed by atoms with Crippen LogP contribution in [0.3, 0.4) is 0 Å². The number of amides is 2. The number of nitrogens with zero attached hydrogens (tertiary/aromatic N) is 2. The topological polar surface area (TPSA) is 86.8 Å². The second kappa shape index (κ2) is 14.1. The molecule has 3 aromatic rings. The van der Waals surface area contributed by atoms with Crippen molar-refractivity contribution in [1.29, 1.82) is 0 Å². The van der Waals surface area contributed by atoms with E-state index in [1.54, 1.807) is 31.2 Å². The molecule has 1 aliphatic carbocycles. The van der Waals surface area contributed by atoms with Crippen LogP contribution in [0.5, 0.6) is 0 Å². The van der Waals surface area contributed by atoms with Crippen LogP contribution < -0.4 is 9.62 Å². The van der Waals surface area contributed by atoms with Crippen LogP contribution in [-0.4, -0.2) is 43.8 Å². The van der Waals surface area contributed by atoms with Crippen LogP contribution in [0.1, 0.15) is 44.6 Å². The second-order valence-electron chi connectivity index (χ2n) is 10.1. The normalized spacial score (nSPS) is 14.7. The zero-order valence-corrected chi connectivity index (χ0v) is 26.5. The minimum atomic E-state index is -4.24. The average molecular weight is 681 g/mol. The lowest BCUT2D eigenvalue weighted by molar-refractivity contribution is -0.139. The van der Waals surface area contributed by atoms with Gasteiger partial charge in [-0.1, -0.05) is 88.7 Å². The number of anilines is 1. The zero-order chi connectivity index (χ0) is 29.6. The Balaban J connectivity index is 1.70. The molecule has 1 atom stereocenters. The first-order valence-electron chi connectivity index (χ1n) is 13.4. The van der Waals surface area contributed by atoms with Gasteiger partial charge in [0.15, 0.2) is 0 Å². The fourth-order valence-electron chi connectivity index (χ4n) is 4.89. The fraction of sp³-hybridized carbons (Fsp3) is 0.333. The smallest absolute Gasteiger partial charge is 0.264 e. The Morgan fingerprint density at radius 2 is 1.68 bits per heavy atom. The summed E-state index contributed by atoms with van der Waals surface area (Å²) in [7, 11) is -4.24. The van der Waals surface area contributed by atoms with Gasteiger partial charge in [0.1, 0.15) is 12.6 Å². The molecule has 7 nitrogen and oxygen atoms in total. The molecule has 0 aromatic heterocycles. The van der Waals surface area contributed by atoms with Gasteiger partial charge in [-0.05, 0) is 67.8 Å². The molecule has 4 rings (SSSR count). The van der Waals surface area contributed by atoms with Gasteiger partial charge in [-0.2, -0.15) is 0 Å². The van der Waals surface area contributed by atoms with Gasteiger partial charge in [-0.3, -0.25) is 13.9 Å². The molecule has 0 bridgehead atoms. The van der Waals surface area contributed by atoms with Gasteiger partial charge in [0.2, 0.25) is 11.8 Å². The molecule has 0 heterocycles. The number of halogens is 3. The number of hydrogen-bond acceptors (Lipinski definition) is 4. The lowest BCUT2D eigenvalue weighted by Crippen LogP contribution is -2.53. The van der Waals surface area contributed by atoms with Crippen LogP contribution in [0.2, 0.25) is 10.0 Å². The van der Waals surface area contributed by atoms with Crippen LogP contribution in [0.15, 0.2) is 82.2 Å². The molecule has 0 spiro atoms. The third-order valence-corrected chi connectivity index (χ3v) is 9.97. The van der Waals surface area contributed by atoms with Crippen LogP contribution in [-0.2, 0) is 26.2 Å². The molecule has 0 radical (unpaired) electrons. The molecule has 1 aliphatic rings. The number of carbonyl (C=O) groups is 2. The molecule has 218 valence electrons.